The number of nitrogens with two attached hydrogens (primary N) is 1. The lowest BCUT2D eigenvalue weighted by Crippen LogP contribution is -2.39. The van der Waals surface area contributed by atoms with Gasteiger partial charge in [-0.1, -0.05) is 36.4 Å². The van der Waals surface area contributed by atoms with Crippen LogP contribution in [0.15, 0.2) is 91.0 Å². The molecule has 5 aromatic carbocycles. The van der Waals surface area contributed by atoms with Gasteiger partial charge in [-0.25, -0.2) is 0 Å². The third-order valence-electron chi connectivity index (χ3n) is 12.9. The van der Waals surface area contributed by atoms with Crippen molar-refractivity contribution in [2.45, 2.75) is 64.8 Å². The number of hydrogen-bond acceptors (Lipinski definition) is 12. The molecule has 69 heavy (non-hydrogen) atoms. The molecule has 0 bridgehead atoms. The first-order valence-corrected chi connectivity index (χ1v) is 23.6. The molecule has 3 amide bonds. The largest absolute Gasteiger partial charge is 0.493 e. The molecular weight excluding hydrogens is 879 g/mol. The van der Waals surface area contributed by atoms with E-state index >= 15 is 0 Å². The minimum atomic E-state index is -0.372. The highest BCUT2D eigenvalue weighted by molar-refractivity contribution is 6.12. The predicted molar refractivity (Wildman–Crippen MR) is 266 cm³/mol. The number of anilines is 4. The molecule has 2 unspecified atom stereocenters. The van der Waals surface area contributed by atoms with Crippen molar-refractivity contribution in [3.8, 4) is 23.0 Å². The molecule has 15 heteroatoms. The van der Waals surface area contributed by atoms with Gasteiger partial charge in [0.05, 0.1) is 64.5 Å². The highest BCUT2D eigenvalue weighted by atomic mass is 16.5. The van der Waals surface area contributed by atoms with Gasteiger partial charge in [0.25, 0.3) is 11.8 Å². The van der Waals surface area contributed by atoms with Crippen LogP contribution in [-0.2, 0) is 45.1 Å². The fourth-order valence-corrected chi connectivity index (χ4v) is 9.45. The van der Waals surface area contributed by atoms with Crippen LogP contribution >= 0.6 is 0 Å². The molecule has 3 aliphatic rings. The molecule has 8 rings (SSSR count). The Morgan fingerprint density at radius 2 is 1.38 bits per heavy atom. The van der Waals surface area contributed by atoms with E-state index in [1.54, 1.807) is 33.5 Å². The van der Waals surface area contributed by atoms with Gasteiger partial charge in [-0.15, -0.1) is 0 Å². The standard InChI is InChI=1S/C54H63N5O10/c1-35-23-50(48(64-4)29-43(35)53(61)58-36(2)24-39-11-6-8-13-46(39)58)68-33-37-25-38(27-41(26-37)57(16-10-15-52(55)60)17-18-66-21-22-67-20-19-63-3)34-69-51-31-45-44(30-49(51)65-5)54(62)59-42(32-56-45)28-40-12-7-9-14-47(40)59/h6-9,11-14,23,25-27,29-31,36,42,56H,10,15-22,24,28,32-34H2,1-5H3,(H2,55,60). The van der Waals surface area contributed by atoms with Crippen LogP contribution in [0, 0.1) is 6.92 Å². The zero-order valence-corrected chi connectivity index (χ0v) is 40.2. The number of rotatable bonds is 23. The van der Waals surface area contributed by atoms with E-state index in [4.69, 9.17) is 38.9 Å². The maximum atomic E-state index is 14.1. The first-order valence-electron chi connectivity index (χ1n) is 23.6. The first-order chi connectivity index (χ1) is 33.6. The third kappa shape index (κ3) is 11.2. The quantitative estimate of drug-likeness (QED) is 0.0621. The van der Waals surface area contributed by atoms with E-state index in [0.717, 1.165) is 57.7 Å². The van der Waals surface area contributed by atoms with Gasteiger partial charge in [-0.2, -0.15) is 0 Å². The van der Waals surface area contributed by atoms with Crippen LogP contribution in [0.1, 0.15) is 68.3 Å². The number of amides is 3. The Hall–Kier alpha value is -6.81. The number of para-hydroxylation sites is 2. The average Bonchev–Trinajstić information content (AvgIpc) is 3.86. The van der Waals surface area contributed by atoms with Gasteiger partial charge in [-0.05, 0) is 109 Å². The molecule has 0 fully saturated rings. The lowest BCUT2D eigenvalue weighted by molar-refractivity contribution is -0.118. The van der Waals surface area contributed by atoms with Crippen molar-refractivity contribution in [3.05, 3.63) is 130 Å². The van der Waals surface area contributed by atoms with Crippen LogP contribution < -0.4 is 44.7 Å². The van der Waals surface area contributed by atoms with Gasteiger partial charge in [0, 0.05) is 67.9 Å². The molecule has 3 heterocycles. The van der Waals surface area contributed by atoms with Crippen molar-refractivity contribution in [1.29, 1.82) is 0 Å². The van der Waals surface area contributed by atoms with Crippen LogP contribution in [0.2, 0.25) is 0 Å². The molecular formula is C54H63N5O10. The summed E-state index contributed by atoms with van der Waals surface area (Å²) in [6.07, 6.45) is 2.32. The zero-order valence-electron chi connectivity index (χ0n) is 40.2. The van der Waals surface area contributed by atoms with Gasteiger partial charge in [0.2, 0.25) is 5.91 Å². The van der Waals surface area contributed by atoms with E-state index in [1.807, 2.05) is 83.5 Å². The van der Waals surface area contributed by atoms with Crippen molar-refractivity contribution < 1.29 is 47.5 Å². The number of carbonyl (C=O) groups is 3. The molecule has 364 valence electrons. The fraction of sp³-hybridized carbons (Fsp3) is 0.389. The van der Waals surface area contributed by atoms with Crippen molar-refractivity contribution >= 4 is 40.5 Å². The Morgan fingerprint density at radius 3 is 2.07 bits per heavy atom. The first kappa shape index (κ1) is 48.6. The number of fused-ring (bicyclic) bond motifs is 5. The normalized spacial score (nSPS) is 15.6. The zero-order chi connectivity index (χ0) is 48.4. The van der Waals surface area contributed by atoms with Gasteiger partial charge in [0.1, 0.15) is 13.2 Å². The molecule has 0 saturated heterocycles. The summed E-state index contributed by atoms with van der Waals surface area (Å²) in [5.74, 6) is 1.28. The Bertz CT molecular complexity index is 2640. The number of methoxy groups -OCH3 is 3. The van der Waals surface area contributed by atoms with Crippen molar-refractivity contribution in [3.63, 3.8) is 0 Å². The molecule has 5 aromatic rings. The van der Waals surface area contributed by atoms with E-state index < -0.39 is 0 Å². The van der Waals surface area contributed by atoms with Gasteiger partial charge >= 0.3 is 0 Å². The predicted octanol–water partition coefficient (Wildman–Crippen LogP) is 7.51. The Labute approximate surface area is 404 Å². The lowest BCUT2D eigenvalue weighted by atomic mass is 10.1. The van der Waals surface area contributed by atoms with E-state index in [-0.39, 0.29) is 49.4 Å². The highest BCUT2D eigenvalue weighted by Gasteiger charge is 2.38. The highest BCUT2D eigenvalue weighted by Crippen LogP contribution is 2.41. The number of nitrogens with zero attached hydrogens (tertiary/aromatic N) is 3. The molecule has 3 N–H and O–H groups in total. The Morgan fingerprint density at radius 1 is 0.739 bits per heavy atom. The lowest BCUT2D eigenvalue weighted by Gasteiger charge is -2.26. The van der Waals surface area contributed by atoms with E-state index in [1.165, 1.54) is 0 Å². The van der Waals surface area contributed by atoms with Crippen molar-refractivity contribution in [2.24, 2.45) is 5.73 Å². The number of hydrogen-bond donors (Lipinski definition) is 2. The Kier molecular flexibility index (Phi) is 15.9. The molecule has 3 aliphatic heterocycles. The summed E-state index contributed by atoms with van der Waals surface area (Å²) in [5, 5.41) is 3.52. The van der Waals surface area contributed by atoms with Gasteiger partial charge in [0.15, 0.2) is 23.0 Å². The summed E-state index contributed by atoms with van der Waals surface area (Å²) < 4.78 is 41.4. The van der Waals surface area contributed by atoms with Crippen LogP contribution in [0.4, 0.5) is 22.7 Å². The second kappa shape index (κ2) is 22.5. The SMILES string of the molecule is COCCOCCOCCN(CCCC(N)=O)c1cc(COc2cc(C)c(C(=O)N3c4ccccc4CC3C)cc2OC)cc(COc2cc3c(cc2OC)C(=O)N2c4ccccc4CC2CN3)c1. The monoisotopic (exact) mass is 941 g/mol. The van der Waals surface area contributed by atoms with Crippen molar-refractivity contribution in [2.75, 3.05) is 94.0 Å². The maximum absolute atomic E-state index is 14.1. The number of nitrogens with one attached hydrogen (secondary N) is 1. The number of aryl methyl sites for hydroxylation is 1. The molecule has 0 radical (unpaired) electrons. The van der Waals surface area contributed by atoms with E-state index in [0.29, 0.717) is 98.9 Å². The summed E-state index contributed by atoms with van der Waals surface area (Å²) in [5.41, 5.74) is 14.8. The number of primary amides is 1. The molecule has 15 nitrogen and oxygen atoms in total. The Balaban J connectivity index is 1.05. The smallest absolute Gasteiger partial charge is 0.260 e. The number of carbonyl (C=O) groups excluding carboxylic acids is 3. The minimum Gasteiger partial charge on any atom is -0.493 e. The number of ether oxygens (including phenoxy) is 7. The summed E-state index contributed by atoms with van der Waals surface area (Å²) in [4.78, 5) is 46.1. The maximum Gasteiger partial charge on any atom is 0.260 e. The second-order valence-corrected chi connectivity index (χ2v) is 17.6. The minimum absolute atomic E-state index is 0.0131. The topological polar surface area (TPSA) is 164 Å². The fourth-order valence-electron chi connectivity index (χ4n) is 9.45. The summed E-state index contributed by atoms with van der Waals surface area (Å²) in [6, 6.07) is 29.4. The van der Waals surface area contributed by atoms with Crippen molar-refractivity contribution in [1.82, 2.24) is 0 Å². The van der Waals surface area contributed by atoms with Crippen LogP contribution in [0.25, 0.3) is 0 Å². The summed E-state index contributed by atoms with van der Waals surface area (Å²) >= 11 is 0. The second-order valence-electron chi connectivity index (χ2n) is 17.6. The van der Waals surface area contributed by atoms with Crippen LogP contribution in [0.5, 0.6) is 23.0 Å². The summed E-state index contributed by atoms with van der Waals surface area (Å²) in [6.45, 7) is 8.15. The molecule has 0 aromatic heterocycles. The summed E-state index contributed by atoms with van der Waals surface area (Å²) in [7, 11) is 4.76. The molecule has 0 spiro atoms. The van der Waals surface area contributed by atoms with Gasteiger partial charge in [-0.3, -0.25) is 14.4 Å². The van der Waals surface area contributed by atoms with Gasteiger partial charge < -0.3 is 58.9 Å². The van der Waals surface area contributed by atoms with E-state index in [9.17, 15) is 14.4 Å². The third-order valence-corrected chi connectivity index (χ3v) is 12.9. The molecule has 0 aliphatic carbocycles. The van der Waals surface area contributed by atoms with E-state index in [2.05, 4.69) is 29.3 Å². The van der Waals surface area contributed by atoms with Crippen LogP contribution in [-0.4, -0.2) is 104 Å². The van der Waals surface area contributed by atoms with Crippen LogP contribution in [0.3, 0.4) is 0 Å². The average molecular weight is 942 g/mol. The number of benzene rings is 5. The molecule has 2 atom stereocenters. The molecule has 0 saturated carbocycles.